The minimum Gasteiger partial charge on any atom is -0.382 e. The first-order valence-corrected chi connectivity index (χ1v) is 13.4. The van der Waals surface area contributed by atoms with Gasteiger partial charge in [0.15, 0.2) is 0 Å². The van der Waals surface area contributed by atoms with Crippen LogP contribution in [0.25, 0.3) is 0 Å². The Morgan fingerprint density at radius 1 is 1.18 bits per heavy atom. The van der Waals surface area contributed by atoms with Crippen LogP contribution in [-0.2, 0) is 7.05 Å². The van der Waals surface area contributed by atoms with E-state index in [9.17, 15) is 4.79 Å². The number of rotatable bonds is 4. The van der Waals surface area contributed by atoms with Crippen LogP contribution in [0, 0.1) is 11.3 Å². The van der Waals surface area contributed by atoms with Crippen LogP contribution in [-0.4, -0.2) is 46.8 Å². The molecule has 0 bridgehead atoms. The molecule has 8 nitrogen and oxygen atoms in total. The highest BCUT2D eigenvalue weighted by atomic mass is 35.5. The van der Waals surface area contributed by atoms with Crippen LogP contribution in [0.1, 0.15) is 45.4 Å². The van der Waals surface area contributed by atoms with E-state index in [1.165, 1.54) is 18.2 Å². The van der Waals surface area contributed by atoms with E-state index in [0.29, 0.717) is 21.8 Å². The van der Waals surface area contributed by atoms with Crippen molar-refractivity contribution < 1.29 is 0 Å². The van der Waals surface area contributed by atoms with E-state index in [-0.39, 0.29) is 22.8 Å². The third-order valence-corrected chi connectivity index (χ3v) is 9.58. The second-order valence-electron chi connectivity index (χ2n) is 10.2. The predicted octanol–water partition coefficient (Wildman–Crippen LogP) is 3.51. The summed E-state index contributed by atoms with van der Waals surface area (Å²) in [5.74, 6) is 2.32. The smallest absolute Gasteiger partial charge is 0.270 e. The van der Waals surface area contributed by atoms with Gasteiger partial charge in [0.1, 0.15) is 16.5 Å². The van der Waals surface area contributed by atoms with E-state index in [1.54, 1.807) is 17.8 Å². The molecule has 2 atom stereocenters. The zero-order valence-electron chi connectivity index (χ0n) is 20.0. The lowest BCUT2D eigenvalue weighted by Gasteiger charge is -2.42. The number of halogens is 1. The molecule has 1 aliphatic carbocycles. The molecule has 0 amide bonds. The van der Waals surface area contributed by atoms with E-state index >= 15 is 0 Å². The molecule has 4 N–H and O–H groups in total. The second-order valence-corrected chi connectivity index (χ2v) is 11.7. The highest BCUT2D eigenvalue weighted by Crippen LogP contribution is 2.48. The molecule has 34 heavy (non-hydrogen) atoms. The Balaban J connectivity index is 1.37. The number of nitrogens with zero attached hydrogens (tertiary/aromatic N) is 5. The van der Waals surface area contributed by atoms with Gasteiger partial charge in [-0.05, 0) is 55.9 Å². The van der Waals surface area contributed by atoms with Gasteiger partial charge in [0.25, 0.3) is 5.56 Å². The van der Waals surface area contributed by atoms with E-state index < -0.39 is 0 Å². The van der Waals surface area contributed by atoms with Gasteiger partial charge >= 0.3 is 0 Å². The van der Waals surface area contributed by atoms with Crippen LogP contribution < -0.4 is 26.8 Å². The zero-order chi connectivity index (χ0) is 24.0. The number of aromatic nitrogens is 3. The largest absolute Gasteiger partial charge is 0.382 e. The summed E-state index contributed by atoms with van der Waals surface area (Å²) in [6.07, 6.45) is 8.36. The molecule has 5 rings (SSSR count). The van der Waals surface area contributed by atoms with Crippen molar-refractivity contribution in [2.75, 3.05) is 41.7 Å². The number of anilines is 3. The Morgan fingerprint density at radius 3 is 2.53 bits per heavy atom. The molecule has 0 radical (unpaired) electrons. The van der Waals surface area contributed by atoms with Crippen molar-refractivity contribution in [2.45, 2.75) is 61.3 Å². The number of nitrogens with two attached hydrogens (primary N) is 2. The van der Waals surface area contributed by atoms with Crippen molar-refractivity contribution in [3.05, 3.63) is 27.6 Å². The molecular weight excluding hydrogens is 470 g/mol. The molecule has 3 fully saturated rings. The van der Waals surface area contributed by atoms with Crippen molar-refractivity contribution >= 4 is 40.9 Å². The van der Waals surface area contributed by atoms with Gasteiger partial charge in [-0.15, -0.1) is 0 Å². The molecule has 1 spiro atoms. The monoisotopic (exact) mass is 503 g/mol. The maximum atomic E-state index is 13.4. The third-order valence-electron chi connectivity index (χ3n) is 7.94. The Bertz CT molecular complexity index is 1130. The van der Waals surface area contributed by atoms with Gasteiger partial charge in [0, 0.05) is 50.4 Å². The number of pyridine rings is 1. The minimum absolute atomic E-state index is 0.158. The summed E-state index contributed by atoms with van der Waals surface area (Å²) in [6, 6.07) is 2.09. The van der Waals surface area contributed by atoms with E-state index in [4.69, 9.17) is 23.1 Å². The summed E-state index contributed by atoms with van der Waals surface area (Å²) in [7, 11) is 1.77. The van der Waals surface area contributed by atoms with Crippen LogP contribution in [0.5, 0.6) is 0 Å². The molecule has 2 saturated heterocycles. The SMILES string of the molecule is C[C@H]1C[C@@H](N)C2(CCN(c3nc(N)c(Sc4ccnc(N5CCCC5)c4Cl)c(=O)n3C)CC2)C1. The van der Waals surface area contributed by atoms with Crippen molar-refractivity contribution in [1.29, 1.82) is 0 Å². The van der Waals surface area contributed by atoms with Crippen molar-refractivity contribution in [2.24, 2.45) is 24.1 Å². The summed E-state index contributed by atoms with van der Waals surface area (Å²) >= 11 is 7.98. The van der Waals surface area contributed by atoms with Crippen molar-refractivity contribution in [3.63, 3.8) is 0 Å². The molecule has 0 unspecified atom stereocenters. The summed E-state index contributed by atoms with van der Waals surface area (Å²) in [6.45, 7) is 5.86. The topological polar surface area (TPSA) is 106 Å². The number of hydrogen-bond donors (Lipinski definition) is 2. The first-order valence-electron chi connectivity index (χ1n) is 12.2. The summed E-state index contributed by atoms with van der Waals surface area (Å²) in [4.78, 5) is 28.0. The summed E-state index contributed by atoms with van der Waals surface area (Å²) in [5, 5.41) is 0.559. The van der Waals surface area contributed by atoms with Crippen LogP contribution in [0.2, 0.25) is 5.02 Å². The van der Waals surface area contributed by atoms with Crippen molar-refractivity contribution in [3.8, 4) is 0 Å². The molecule has 4 heterocycles. The molecule has 2 aromatic rings. The number of piperidine rings is 1. The Hall–Kier alpha value is -1.97. The van der Waals surface area contributed by atoms with Crippen LogP contribution in [0.15, 0.2) is 26.8 Å². The molecule has 0 aromatic carbocycles. The number of nitrogen functional groups attached to an aromatic ring is 1. The molecule has 184 valence electrons. The lowest BCUT2D eigenvalue weighted by molar-refractivity contribution is 0.192. The average molecular weight is 504 g/mol. The fraction of sp³-hybridized carbons (Fsp3) is 0.625. The highest BCUT2D eigenvalue weighted by molar-refractivity contribution is 7.99. The summed E-state index contributed by atoms with van der Waals surface area (Å²) < 4.78 is 1.62. The standard InChI is InChI=1S/C24H34ClN7OS/c1-15-13-17(26)24(14-15)6-11-32(12-7-24)23-29-20(27)19(22(33)30(23)2)34-16-5-8-28-21(18(16)25)31-9-3-4-10-31/h5,8,15,17H,3-4,6-7,9-14,26-27H2,1-2H3/t15-,17+/m0/s1. The minimum atomic E-state index is -0.158. The highest BCUT2D eigenvalue weighted by Gasteiger charge is 2.46. The summed E-state index contributed by atoms with van der Waals surface area (Å²) in [5.41, 5.74) is 12.9. The Kier molecular flexibility index (Phi) is 6.46. The van der Waals surface area contributed by atoms with Gasteiger partial charge in [-0.1, -0.05) is 30.3 Å². The van der Waals surface area contributed by atoms with E-state index in [0.717, 1.165) is 69.0 Å². The van der Waals surface area contributed by atoms with Crippen LogP contribution in [0.4, 0.5) is 17.6 Å². The lowest BCUT2D eigenvalue weighted by atomic mass is 9.74. The van der Waals surface area contributed by atoms with Crippen LogP contribution in [0.3, 0.4) is 0 Å². The Labute approximate surface area is 210 Å². The maximum absolute atomic E-state index is 13.4. The van der Waals surface area contributed by atoms with Gasteiger partial charge in [-0.2, -0.15) is 4.98 Å². The van der Waals surface area contributed by atoms with Gasteiger partial charge < -0.3 is 21.3 Å². The normalized spacial score (nSPS) is 24.4. The molecule has 2 aliphatic heterocycles. The average Bonchev–Trinajstić information content (AvgIpc) is 3.44. The van der Waals surface area contributed by atoms with Gasteiger partial charge in [-0.3, -0.25) is 9.36 Å². The van der Waals surface area contributed by atoms with E-state index in [1.807, 2.05) is 6.07 Å². The molecule has 3 aliphatic rings. The number of hydrogen-bond acceptors (Lipinski definition) is 8. The molecular formula is C24H34ClN7OS. The Morgan fingerprint density at radius 2 is 1.88 bits per heavy atom. The van der Waals surface area contributed by atoms with Gasteiger partial charge in [0.05, 0.1) is 5.02 Å². The van der Waals surface area contributed by atoms with Gasteiger partial charge in [-0.25, -0.2) is 4.98 Å². The third kappa shape index (κ3) is 4.16. The van der Waals surface area contributed by atoms with Gasteiger partial charge in [0.2, 0.25) is 5.95 Å². The first kappa shape index (κ1) is 23.8. The molecule has 2 aromatic heterocycles. The second kappa shape index (κ2) is 9.24. The zero-order valence-corrected chi connectivity index (χ0v) is 21.5. The van der Waals surface area contributed by atoms with Crippen LogP contribution >= 0.6 is 23.4 Å². The fourth-order valence-corrected chi connectivity index (χ4v) is 7.31. The molecule has 1 saturated carbocycles. The lowest BCUT2D eigenvalue weighted by Crippen LogP contribution is -2.48. The quantitative estimate of drug-likeness (QED) is 0.652. The first-order chi connectivity index (χ1) is 16.3. The predicted molar refractivity (Wildman–Crippen MR) is 139 cm³/mol. The molecule has 10 heteroatoms. The van der Waals surface area contributed by atoms with E-state index in [2.05, 4.69) is 26.7 Å². The van der Waals surface area contributed by atoms with Crippen molar-refractivity contribution in [1.82, 2.24) is 14.5 Å². The fourth-order valence-electron chi connectivity index (χ4n) is 6.06. The maximum Gasteiger partial charge on any atom is 0.270 e.